The molecule has 13 heavy (non-hydrogen) atoms. The Balaban J connectivity index is 2.32. The predicted octanol–water partition coefficient (Wildman–Crippen LogP) is 2.23. The minimum atomic E-state index is 0.375. The van der Waals surface area contributed by atoms with E-state index < -0.39 is 0 Å². The minimum absolute atomic E-state index is 0.375. The Bertz CT molecular complexity index is 319. The smallest absolute Gasteiger partial charge is 0.00287 e. The molecular weight excluding hydrogens is 158 g/mol. The van der Waals surface area contributed by atoms with Gasteiger partial charge in [0, 0.05) is 0 Å². The van der Waals surface area contributed by atoms with Crippen molar-refractivity contribution in [1.82, 2.24) is 0 Å². The lowest BCUT2D eigenvalue weighted by atomic mass is 9.91. The predicted molar refractivity (Wildman–Crippen MR) is 55.7 cm³/mol. The first kappa shape index (κ1) is 8.76. The lowest BCUT2D eigenvalue weighted by Crippen LogP contribution is -2.12. The normalized spacial score (nSPS) is 31.8. The molecule has 0 spiro atoms. The van der Waals surface area contributed by atoms with Gasteiger partial charge >= 0.3 is 0 Å². The van der Waals surface area contributed by atoms with Crippen LogP contribution in [0.3, 0.4) is 0 Å². The van der Waals surface area contributed by atoms with Gasteiger partial charge in [-0.05, 0) is 42.3 Å². The maximum Gasteiger partial charge on any atom is -0.00287 e. The number of aryl methyl sites for hydroxylation is 1. The third-order valence-corrected chi connectivity index (χ3v) is 3.46. The van der Waals surface area contributed by atoms with Crippen molar-refractivity contribution in [3.05, 3.63) is 35.4 Å². The van der Waals surface area contributed by atoms with Crippen molar-refractivity contribution < 1.29 is 0 Å². The number of hydrogen-bond donors (Lipinski definition) is 1. The zero-order valence-corrected chi connectivity index (χ0v) is 8.38. The van der Waals surface area contributed by atoms with Crippen molar-refractivity contribution in [2.24, 2.45) is 11.7 Å². The molecule has 0 amide bonds. The van der Waals surface area contributed by atoms with Crippen LogP contribution in [0.1, 0.15) is 24.5 Å². The van der Waals surface area contributed by atoms with E-state index in [1.54, 1.807) is 0 Å². The second-order valence-corrected chi connectivity index (χ2v) is 4.37. The molecule has 0 aromatic heterocycles. The van der Waals surface area contributed by atoms with Crippen molar-refractivity contribution in [2.75, 3.05) is 6.54 Å². The average molecular weight is 175 g/mol. The number of rotatable bonds is 2. The van der Waals surface area contributed by atoms with E-state index >= 15 is 0 Å². The van der Waals surface area contributed by atoms with Gasteiger partial charge in [-0.3, -0.25) is 0 Å². The highest BCUT2D eigenvalue weighted by molar-refractivity contribution is 5.38. The lowest BCUT2D eigenvalue weighted by Gasteiger charge is -2.13. The van der Waals surface area contributed by atoms with Gasteiger partial charge in [-0.1, -0.05) is 31.2 Å². The molecule has 1 heteroatoms. The Morgan fingerprint density at radius 1 is 1.46 bits per heavy atom. The van der Waals surface area contributed by atoms with Gasteiger partial charge in [-0.15, -0.1) is 0 Å². The van der Waals surface area contributed by atoms with E-state index in [2.05, 4.69) is 38.1 Å². The summed E-state index contributed by atoms with van der Waals surface area (Å²) in [7, 11) is 0. The van der Waals surface area contributed by atoms with Gasteiger partial charge in [-0.25, -0.2) is 0 Å². The summed E-state index contributed by atoms with van der Waals surface area (Å²) in [5.74, 6) is 0.702. The second-order valence-electron chi connectivity index (χ2n) is 4.37. The molecule has 70 valence electrons. The molecule has 1 saturated carbocycles. The van der Waals surface area contributed by atoms with Crippen molar-refractivity contribution in [1.29, 1.82) is 0 Å². The molecule has 0 heterocycles. The average Bonchev–Trinajstić information content (AvgIpc) is 2.79. The van der Waals surface area contributed by atoms with Crippen LogP contribution < -0.4 is 5.73 Å². The van der Waals surface area contributed by atoms with E-state index in [0.29, 0.717) is 11.3 Å². The number of hydrogen-bond acceptors (Lipinski definition) is 1. The van der Waals surface area contributed by atoms with Crippen LogP contribution in [-0.2, 0) is 5.41 Å². The molecule has 0 saturated heterocycles. The molecule has 1 fully saturated rings. The minimum Gasteiger partial charge on any atom is -0.330 e. The fourth-order valence-corrected chi connectivity index (χ4v) is 2.34. The number of benzene rings is 1. The molecule has 2 rings (SSSR count). The van der Waals surface area contributed by atoms with Crippen LogP contribution >= 0.6 is 0 Å². The Labute approximate surface area is 80.0 Å². The highest BCUT2D eigenvalue weighted by atomic mass is 14.7. The second kappa shape index (κ2) is 2.85. The van der Waals surface area contributed by atoms with Crippen molar-refractivity contribution in [2.45, 2.75) is 25.7 Å². The van der Waals surface area contributed by atoms with E-state index in [4.69, 9.17) is 5.73 Å². The molecule has 1 aliphatic carbocycles. The van der Waals surface area contributed by atoms with Crippen molar-refractivity contribution in [3.63, 3.8) is 0 Å². The first-order valence-electron chi connectivity index (χ1n) is 4.94. The fraction of sp³-hybridized carbons (Fsp3) is 0.500. The Hall–Kier alpha value is -0.820. The van der Waals surface area contributed by atoms with E-state index in [1.807, 2.05) is 0 Å². The molecule has 2 unspecified atom stereocenters. The fourth-order valence-electron chi connectivity index (χ4n) is 2.34. The molecule has 1 nitrogen and oxygen atoms in total. The molecule has 1 aromatic rings. The topological polar surface area (TPSA) is 26.0 Å². The summed E-state index contributed by atoms with van der Waals surface area (Å²) >= 11 is 0. The summed E-state index contributed by atoms with van der Waals surface area (Å²) < 4.78 is 0. The first-order chi connectivity index (χ1) is 6.18. The maximum atomic E-state index is 5.70. The van der Waals surface area contributed by atoms with Gasteiger partial charge in [0.15, 0.2) is 0 Å². The van der Waals surface area contributed by atoms with Crippen LogP contribution in [-0.4, -0.2) is 6.54 Å². The summed E-state index contributed by atoms with van der Waals surface area (Å²) in [5.41, 5.74) is 8.97. The van der Waals surface area contributed by atoms with E-state index in [0.717, 1.165) is 6.54 Å². The van der Waals surface area contributed by atoms with Crippen LogP contribution in [0.2, 0.25) is 0 Å². The Morgan fingerprint density at radius 3 is 2.69 bits per heavy atom. The Morgan fingerprint density at radius 2 is 2.15 bits per heavy atom. The molecule has 0 aliphatic heterocycles. The van der Waals surface area contributed by atoms with Gasteiger partial charge in [0.05, 0.1) is 0 Å². The van der Waals surface area contributed by atoms with E-state index in [1.165, 1.54) is 17.5 Å². The standard InChI is InChI=1S/C12H17N/c1-9-5-3-4-6-11(9)12(2)7-10(12)8-13/h3-6,10H,7-8,13H2,1-2H3. The van der Waals surface area contributed by atoms with Crippen molar-refractivity contribution >= 4 is 0 Å². The third kappa shape index (κ3) is 1.28. The van der Waals surface area contributed by atoms with E-state index in [9.17, 15) is 0 Å². The first-order valence-corrected chi connectivity index (χ1v) is 4.94. The molecule has 1 aliphatic rings. The van der Waals surface area contributed by atoms with Crippen LogP contribution in [0.4, 0.5) is 0 Å². The summed E-state index contributed by atoms with van der Waals surface area (Å²) in [6, 6.07) is 8.65. The van der Waals surface area contributed by atoms with Gasteiger partial charge < -0.3 is 5.73 Å². The molecule has 2 atom stereocenters. The molecule has 1 aromatic carbocycles. The zero-order chi connectivity index (χ0) is 9.47. The van der Waals surface area contributed by atoms with Crippen LogP contribution in [0.5, 0.6) is 0 Å². The van der Waals surface area contributed by atoms with Gasteiger partial charge in [0.1, 0.15) is 0 Å². The highest BCUT2D eigenvalue weighted by Crippen LogP contribution is 2.53. The monoisotopic (exact) mass is 175 g/mol. The van der Waals surface area contributed by atoms with E-state index in [-0.39, 0.29) is 0 Å². The zero-order valence-electron chi connectivity index (χ0n) is 8.38. The quantitative estimate of drug-likeness (QED) is 0.733. The van der Waals surface area contributed by atoms with Crippen LogP contribution in [0.25, 0.3) is 0 Å². The van der Waals surface area contributed by atoms with Gasteiger partial charge in [0.25, 0.3) is 0 Å². The molecule has 0 bridgehead atoms. The van der Waals surface area contributed by atoms with Gasteiger partial charge in [0.2, 0.25) is 0 Å². The van der Waals surface area contributed by atoms with Crippen LogP contribution in [0.15, 0.2) is 24.3 Å². The lowest BCUT2D eigenvalue weighted by molar-refractivity contribution is 0.662. The summed E-state index contributed by atoms with van der Waals surface area (Å²) in [4.78, 5) is 0. The largest absolute Gasteiger partial charge is 0.330 e. The molecule has 2 N–H and O–H groups in total. The summed E-state index contributed by atoms with van der Waals surface area (Å²) in [6.07, 6.45) is 1.26. The Kier molecular flexibility index (Phi) is 1.92. The third-order valence-electron chi connectivity index (χ3n) is 3.46. The SMILES string of the molecule is Cc1ccccc1C1(C)CC1CN. The summed E-state index contributed by atoms with van der Waals surface area (Å²) in [5, 5.41) is 0. The summed E-state index contributed by atoms with van der Waals surface area (Å²) in [6.45, 7) is 5.34. The number of nitrogens with two attached hydrogens (primary N) is 1. The van der Waals surface area contributed by atoms with Crippen LogP contribution in [0, 0.1) is 12.8 Å². The van der Waals surface area contributed by atoms with Crippen molar-refractivity contribution in [3.8, 4) is 0 Å². The molecule has 0 radical (unpaired) electrons. The van der Waals surface area contributed by atoms with Gasteiger partial charge in [-0.2, -0.15) is 0 Å². The maximum absolute atomic E-state index is 5.70. The highest BCUT2D eigenvalue weighted by Gasteiger charge is 2.50. The molecular formula is C12H17N.